The molecule has 4 nitrogen and oxygen atoms in total. The summed E-state index contributed by atoms with van der Waals surface area (Å²) >= 11 is 6.28. The van der Waals surface area contributed by atoms with Gasteiger partial charge >= 0.3 is 0 Å². The summed E-state index contributed by atoms with van der Waals surface area (Å²) in [4.78, 5) is 11.3. The number of nitrogens with zero attached hydrogens (tertiary/aromatic N) is 3. The lowest BCUT2D eigenvalue weighted by molar-refractivity contribution is 0.154. The molecular weight excluding hydrogens is 274 g/mol. The van der Waals surface area contributed by atoms with Crippen LogP contribution in [0, 0.1) is 6.92 Å². The fourth-order valence-corrected chi connectivity index (χ4v) is 2.02. The predicted molar refractivity (Wildman–Crippen MR) is 84.9 cm³/mol. The van der Waals surface area contributed by atoms with Crippen LogP contribution in [-0.2, 0) is 10.2 Å². The van der Waals surface area contributed by atoms with Crippen LogP contribution >= 0.6 is 11.6 Å². The largest absolute Gasteiger partial charge is 0.380 e. The summed E-state index contributed by atoms with van der Waals surface area (Å²) in [6.07, 6.45) is 0. The first-order chi connectivity index (χ1) is 9.31. The third kappa shape index (κ3) is 4.32. The molecule has 0 aliphatic rings. The molecule has 5 heteroatoms. The number of anilines is 1. The second-order valence-corrected chi connectivity index (χ2v) is 6.17. The third-order valence-electron chi connectivity index (χ3n) is 3.12. The van der Waals surface area contributed by atoms with Crippen LogP contribution in [0.3, 0.4) is 0 Å². The highest BCUT2D eigenvalue weighted by Gasteiger charge is 2.22. The molecule has 0 unspecified atom stereocenters. The van der Waals surface area contributed by atoms with E-state index in [0.29, 0.717) is 11.8 Å². The molecule has 20 heavy (non-hydrogen) atoms. The van der Waals surface area contributed by atoms with Gasteiger partial charge in [0.05, 0.1) is 6.61 Å². The van der Waals surface area contributed by atoms with Gasteiger partial charge in [-0.1, -0.05) is 32.4 Å². The average Bonchev–Trinajstić information content (AvgIpc) is 2.37. The standard InChI is InChI=1S/C15H26ClN3O/c1-7-19(9-10-20-8-2)13-11(3)12(16)17-14(18-13)15(4,5)6/h7-10H2,1-6H3. The lowest BCUT2D eigenvalue weighted by Gasteiger charge is -2.26. The lowest BCUT2D eigenvalue weighted by atomic mass is 9.95. The van der Waals surface area contributed by atoms with Gasteiger partial charge in [-0.3, -0.25) is 0 Å². The van der Waals surface area contributed by atoms with Crippen molar-refractivity contribution in [2.45, 2.75) is 47.0 Å². The Kier molecular flexibility index (Phi) is 6.21. The topological polar surface area (TPSA) is 38.2 Å². The maximum Gasteiger partial charge on any atom is 0.137 e. The Morgan fingerprint density at radius 3 is 2.35 bits per heavy atom. The number of ether oxygens (including phenoxy) is 1. The SMILES string of the molecule is CCOCCN(CC)c1nc(C(C)(C)C)nc(Cl)c1C. The Morgan fingerprint density at radius 1 is 1.20 bits per heavy atom. The van der Waals surface area contributed by atoms with E-state index in [1.54, 1.807) is 0 Å². The number of hydrogen-bond donors (Lipinski definition) is 0. The Balaban J connectivity index is 3.10. The van der Waals surface area contributed by atoms with Crippen LogP contribution in [0.25, 0.3) is 0 Å². The van der Waals surface area contributed by atoms with E-state index in [0.717, 1.165) is 36.9 Å². The first-order valence-electron chi connectivity index (χ1n) is 7.18. The van der Waals surface area contributed by atoms with Crippen LogP contribution in [0.2, 0.25) is 5.15 Å². The van der Waals surface area contributed by atoms with Crippen molar-refractivity contribution in [1.82, 2.24) is 9.97 Å². The number of hydrogen-bond acceptors (Lipinski definition) is 4. The number of rotatable bonds is 6. The third-order valence-corrected chi connectivity index (χ3v) is 3.49. The zero-order chi connectivity index (χ0) is 15.3. The van der Waals surface area contributed by atoms with Gasteiger partial charge in [-0.2, -0.15) is 0 Å². The maximum atomic E-state index is 6.28. The molecular formula is C15H26ClN3O. The monoisotopic (exact) mass is 299 g/mol. The zero-order valence-electron chi connectivity index (χ0n) is 13.5. The molecule has 0 aliphatic heterocycles. The van der Waals surface area contributed by atoms with Crippen molar-refractivity contribution in [3.8, 4) is 0 Å². The van der Waals surface area contributed by atoms with E-state index in [1.165, 1.54) is 0 Å². The van der Waals surface area contributed by atoms with Crippen molar-refractivity contribution in [2.24, 2.45) is 0 Å². The van der Waals surface area contributed by atoms with Gasteiger partial charge in [-0.25, -0.2) is 9.97 Å². The minimum Gasteiger partial charge on any atom is -0.380 e. The van der Waals surface area contributed by atoms with Crippen LogP contribution in [0.15, 0.2) is 0 Å². The van der Waals surface area contributed by atoms with Crippen LogP contribution in [0.4, 0.5) is 5.82 Å². The van der Waals surface area contributed by atoms with Crippen molar-refractivity contribution in [3.63, 3.8) is 0 Å². The smallest absolute Gasteiger partial charge is 0.137 e. The molecule has 0 atom stereocenters. The van der Waals surface area contributed by atoms with E-state index in [9.17, 15) is 0 Å². The fourth-order valence-electron chi connectivity index (χ4n) is 1.85. The summed E-state index contributed by atoms with van der Waals surface area (Å²) in [6.45, 7) is 15.4. The normalized spacial score (nSPS) is 11.8. The molecule has 1 heterocycles. The first-order valence-corrected chi connectivity index (χ1v) is 7.56. The highest BCUT2D eigenvalue weighted by atomic mass is 35.5. The Bertz CT molecular complexity index is 443. The van der Waals surface area contributed by atoms with Crippen molar-refractivity contribution in [3.05, 3.63) is 16.5 Å². The predicted octanol–water partition coefficient (Wildman–Crippen LogP) is 3.60. The maximum absolute atomic E-state index is 6.28. The van der Waals surface area contributed by atoms with E-state index in [4.69, 9.17) is 21.3 Å². The number of aromatic nitrogens is 2. The van der Waals surface area contributed by atoms with Crippen LogP contribution in [-0.4, -0.2) is 36.3 Å². The second-order valence-electron chi connectivity index (χ2n) is 5.81. The number of likely N-dealkylation sites (N-methyl/N-ethyl adjacent to an activating group) is 1. The van der Waals surface area contributed by atoms with Gasteiger partial charge in [0, 0.05) is 30.7 Å². The first kappa shape index (κ1) is 17.2. The summed E-state index contributed by atoms with van der Waals surface area (Å²) < 4.78 is 5.44. The lowest BCUT2D eigenvalue weighted by Crippen LogP contribution is -2.30. The zero-order valence-corrected chi connectivity index (χ0v) is 14.2. The Hall–Kier alpha value is -0.870. The Morgan fingerprint density at radius 2 is 1.85 bits per heavy atom. The van der Waals surface area contributed by atoms with E-state index in [1.807, 2.05) is 13.8 Å². The molecule has 0 amide bonds. The molecule has 1 aromatic heterocycles. The highest BCUT2D eigenvalue weighted by molar-refractivity contribution is 6.30. The van der Waals surface area contributed by atoms with Gasteiger partial charge in [0.1, 0.15) is 16.8 Å². The molecule has 114 valence electrons. The Labute approximate surface area is 127 Å². The quantitative estimate of drug-likeness (QED) is 0.594. The minimum absolute atomic E-state index is 0.120. The van der Waals surface area contributed by atoms with Gasteiger partial charge in [0.15, 0.2) is 0 Å². The molecule has 0 aromatic carbocycles. The van der Waals surface area contributed by atoms with Crippen molar-refractivity contribution < 1.29 is 4.74 Å². The average molecular weight is 300 g/mol. The molecule has 1 aromatic rings. The summed E-state index contributed by atoms with van der Waals surface area (Å²) in [5.74, 6) is 1.69. The van der Waals surface area contributed by atoms with Crippen molar-refractivity contribution in [2.75, 3.05) is 31.2 Å². The molecule has 0 bridgehead atoms. The molecule has 0 saturated heterocycles. The molecule has 0 radical (unpaired) electrons. The molecule has 0 saturated carbocycles. The van der Waals surface area contributed by atoms with Gasteiger partial charge in [-0.05, 0) is 20.8 Å². The molecule has 0 aliphatic carbocycles. The summed E-state index contributed by atoms with van der Waals surface area (Å²) in [5.41, 5.74) is 0.809. The van der Waals surface area contributed by atoms with Crippen molar-refractivity contribution >= 4 is 17.4 Å². The van der Waals surface area contributed by atoms with Gasteiger partial charge in [0.2, 0.25) is 0 Å². The van der Waals surface area contributed by atoms with Crippen LogP contribution in [0.1, 0.15) is 46.0 Å². The molecule has 0 fully saturated rings. The van der Waals surface area contributed by atoms with E-state index >= 15 is 0 Å². The fraction of sp³-hybridized carbons (Fsp3) is 0.733. The number of halogens is 1. The second kappa shape index (κ2) is 7.23. The van der Waals surface area contributed by atoms with E-state index in [2.05, 4.69) is 37.6 Å². The van der Waals surface area contributed by atoms with E-state index < -0.39 is 0 Å². The molecule has 0 N–H and O–H groups in total. The molecule has 0 spiro atoms. The van der Waals surface area contributed by atoms with Crippen LogP contribution in [0.5, 0.6) is 0 Å². The van der Waals surface area contributed by atoms with E-state index in [-0.39, 0.29) is 5.41 Å². The van der Waals surface area contributed by atoms with Crippen LogP contribution < -0.4 is 4.90 Å². The van der Waals surface area contributed by atoms with Gasteiger partial charge < -0.3 is 9.64 Å². The summed E-state index contributed by atoms with van der Waals surface area (Å²) in [6, 6.07) is 0. The van der Waals surface area contributed by atoms with Gasteiger partial charge in [-0.15, -0.1) is 0 Å². The minimum atomic E-state index is -0.120. The molecule has 1 rings (SSSR count). The highest BCUT2D eigenvalue weighted by Crippen LogP contribution is 2.28. The van der Waals surface area contributed by atoms with Crippen molar-refractivity contribution in [1.29, 1.82) is 0 Å². The summed E-state index contributed by atoms with van der Waals surface area (Å²) in [5, 5.41) is 0.537. The summed E-state index contributed by atoms with van der Waals surface area (Å²) in [7, 11) is 0. The van der Waals surface area contributed by atoms with Gasteiger partial charge in [0.25, 0.3) is 0 Å².